The first-order valence-electron chi connectivity index (χ1n) is 12.4. The highest BCUT2D eigenvalue weighted by Gasteiger charge is 2.32. The molecule has 206 valence electrons. The maximum Gasteiger partial charge on any atom is 0.272 e. The summed E-state index contributed by atoms with van der Waals surface area (Å²) in [5.41, 5.74) is 0.601. The average molecular weight is 571 g/mol. The number of hydrogen-bond acceptors (Lipinski definition) is 6. The Bertz CT molecular complexity index is 1360. The fourth-order valence-electron chi connectivity index (χ4n) is 4.18. The van der Waals surface area contributed by atoms with E-state index >= 15 is 0 Å². The van der Waals surface area contributed by atoms with Crippen molar-refractivity contribution in [1.29, 1.82) is 0 Å². The number of sulfonamides is 1. The zero-order chi connectivity index (χ0) is 27.0. The fourth-order valence-corrected chi connectivity index (χ4v) is 5.59. The molecule has 1 aliphatic rings. The number of rotatable bonds is 9. The maximum absolute atomic E-state index is 13.6. The average Bonchev–Trinajstić information content (AvgIpc) is 2.96. The molecule has 39 heavy (non-hydrogen) atoms. The van der Waals surface area contributed by atoms with Gasteiger partial charge < -0.3 is 16.0 Å². The lowest BCUT2D eigenvalue weighted by molar-refractivity contribution is -0.120. The van der Waals surface area contributed by atoms with E-state index in [1.54, 1.807) is 48.5 Å². The minimum Gasteiger partial charge on any atom is -0.354 e. The third-order valence-corrected chi connectivity index (χ3v) is 8.03. The third-order valence-electron chi connectivity index (χ3n) is 6.31. The number of carbonyl (C=O) groups excluding carboxylic acids is 3. The number of para-hydroxylation sites is 1. The molecule has 0 atom stereocenters. The summed E-state index contributed by atoms with van der Waals surface area (Å²) in [6, 6.07) is 21.5. The number of anilines is 1. The lowest BCUT2D eigenvalue weighted by Crippen LogP contribution is -2.41. The molecule has 9 nitrogen and oxygen atoms in total. The van der Waals surface area contributed by atoms with Crippen molar-refractivity contribution in [3.05, 3.63) is 96.1 Å². The highest BCUT2D eigenvalue weighted by Crippen LogP contribution is 2.26. The largest absolute Gasteiger partial charge is 0.354 e. The van der Waals surface area contributed by atoms with Crippen molar-refractivity contribution in [1.82, 2.24) is 16.0 Å². The van der Waals surface area contributed by atoms with Crippen LogP contribution >= 0.6 is 12.4 Å². The lowest BCUT2D eigenvalue weighted by atomic mass is 9.98. The second-order valence-electron chi connectivity index (χ2n) is 8.98. The summed E-state index contributed by atoms with van der Waals surface area (Å²) in [6.07, 6.45) is 2.00. The van der Waals surface area contributed by atoms with E-state index in [-0.39, 0.29) is 46.6 Å². The van der Waals surface area contributed by atoms with E-state index in [0.717, 1.165) is 30.2 Å². The molecule has 0 bridgehead atoms. The van der Waals surface area contributed by atoms with Crippen molar-refractivity contribution in [3.63, 3.8) is 0 Å². The van der Waals surface area contributed by atoms with Crippen LogP contribution in [0.5, 0.6) is 0 Å². The van der Waals surface area contributed by atoms with Crippen LogP contribution in [0.1, 0.15) is 33.6 Å². The summed E-state index contributed by atoms with van der Waals surface area (Å²) >= 11 is 0. The van der Waals surface area contributed by atoms with E-state index < -0.39 is 21.8 Å². The van der Waals surface area contributed by atoms with Gasteiger partial charge in [-0.1, -0.05) is 36.4 Å². The number of benzene rings is 3. The van der Waals surface area contributed by atoms with Crippen LogP contribution in [0.4, 0.5) is 5.69 Å². The van der Waals surface area contributed by atoms with Crippen LogP contribution in [-0.2, 0) is 14.8 Å². The Morgan fingerprint density at radius 3 is 2.00 bits per heavy atom. The molecule has 0 aromatic heterocycles. The first-order chi connectivity index (χ1) is 18.4. The van der Waals surface area contributed by atoms with Crippen LogP contribution in [0.2, 0.25) is 0 Å². The van der Waals surface area contributed by atoms with Gasteiger partial charge in [-0.15, -0.1) is 12.4 Å². The smallest absolute Gasteiger partial charge is 0.272 e. The molecule has 1 saturated heterocycles. The Morgan fingerprint density at radius 2 is 1.38 bits per heavy atom. The van der Waals surface area contributed by atoms with Crippen molar-refractivity contribution in [2.24, 2.45) is 5.92 Å². The van der Waals surface area contributed by atoms with Gasteiger partial charge in [0.2, 0.25) is 5.91 Å². The van der Waals surface area contributed by atoms with E-state index in [1.165, 1.54) is 36.4 Å². The molecule has 3 amide bonds. The summed E-state index contributed by atoms with van der Waals surface area (Å²) in [4.78, 5) is 37.8. The summed E-state index contributed by atoms with van der Waals surface area (Å²) in [6.45, 7) is 2.26. The summed E-state index contributed by atoms with van der Waals surface area (Å²) in [5.74, 6) is -1.07. The molecular formula is C28H31ClN4O5S. The monoisotopic (exact) mass is 570 g/mol. The van der Waals surface area contributed by atoms with Crippen LogP contribution in [0.15, 0.2) is 89.8 Å². The predicted octanol–water partition coefficient (Wildman–Crippen LogP) is 2.99. The van der Waals surface area contributed by atoms with E-state index in [1.807, 2.05) is 0 Å². The standard InChI is InChI=1S/C28H30N4O5S.ClH/c33-26(30-19-21-15-17-29-18-16-21)20-31-27(34)22-11-13-25(14-12-22)38(36,37)32(24-9-5-2-6-10-24)28(35)23-7-3-1-4-8-23;/h1-14,21,29H,15-20H2,(H,30,33)(H,31,34);1H. The van der Waals surface area contributed by atoms with Crippen LogP contribution in [0, 0.1) is 5.92 Å². The molecule has 0 saturated carbocycles. The molecule has 1 heterocycles. The van der Waals surface area contributed by atoms with Crippen molar-refractivity contribution in [3.8, 4) is 0 Å². The zero-order valence-electron chi connectivity index (χ0n) is 21.2. The van der Waals surface area contributed by atoms with Gasteiger partial charge in [-0.05, 0) is 80.4 Å². The second-order valence-corrected chi connectivity index (χ2v) is 10.8. The van der Waals surface area contributed by atoms with Crippen LogP contribution in [-0.4, -0.2) is 52.3 Å². The van der Waals surface area contributed by atoms with Gasteiger partial charge in [-0.3, -0.25) is 14.4 Å². The highest BCUT2D eigenvalue weighted by molar-refractivity contribution is 7.93. The molecule has 1 aliphatic heterocycles. The Morgan fingerprint density at radius 1 is 0.795 bits per heavy atom. The summed E-state index contributed by atoms with van der Waals surface area (Å²) < 4.78 is 27.9. The molecule has 3 aromatic carbocycles. The predicted molar refractivity (Wildman–Crippen MR) is 152 cm³/mol. The molecule has 3 aromatic rings. The minimum absolute atomic E-state index is 0. The number of nitrogens with zero attached hydrogens (tertiary/aromatic N) is 1. The second kappa shape index (κ2) is 13.9. The Balaban J connectivity index is 0.00000420. The minimum atomic E-state index is -4.30. The number of carbonyl (C=O) groups is 3. The number of nitrogens with one attached hydrogen (secondary N) is 3. The van der Waals surface area contributed by atoms with Crippen molar-refractivity contribution >= 4 is 45.8 Å². The van der Waals surface area contributed by atoms with Crippen LogP contribution in [0.3, 0.4) is 0 Å². The van der Waals surface area contributed by atoms with E-state index in [4.69, 9.17) is 0 Å². The number of hydrogen-bond donors (Lipinski definition) is 3. The van der Waals surface area contributed by atoms with Gasteiger partial charge >= 0.3 is 0 Å². The van der Waals surface area contributed by atoms with E-state index in [0.29, 0.717) is 12.5 Å². The summed E-state index contributed by atoms with van der Waals surface area (Å²) in [5, 5.41) is 8.67. The molecule has 3 N–H and O–H groups in total. The molecule has 11 heteroatoms. The van der Waals surface area contributed by atoms with Crippen LogP contribution in [0.25, 0.3) is 0 Å². The van der Waals surface area contributed by atoms with Gasteiger partial charge in [0.05, 0.1) is 17.1 Å². The fraction of sp³-hybridized carbons (Fsp3) is 0.250. The van der Waals surface area contributed by atoms with Gasteiger partial charge in [-0.25, -0.2) is 8.42 Å². The molecular weight excluding hydrogens is 540 g/mol. The molecule has 4 rings (SSSR count). The zero-order valence-corrected chi connectivity index (χ0v) is 22.8. The van der Waals surface area contributed by atoms with Gasteiger partial charge in [0.15, 0.2) is 0 Å². The number of piperidine rings is 1. The normalized spacial score (nSPS) is 13.5. The highest BCUT2D eigenvalue weighted by atomic mass is 35.5. The maximum atomic E-state index is 13.6. The Hall–Kier alpha value is -3.73. The molecule has 0 unspecified atom stereocenters. The lowest BCUT2D eigenvalue weighted by Gasteiger charge is -2.23. The molecule has 0 aliphatic carbocycles. The quantitative estimate of drug-likeness (QED) is 0.363. The molecule has 0 spiro atoms. The first-order valence-corrected chi connectivity index (χ1v) is 13.9. The summed E-state index contributed by atoms with van der Waals surface area (Å²) in [7, 11) is -4.30. The van der Waals surface area contributed by atoms with Gasteiger partial charge in [0.25, 0.3) is 21.8 Å². The Labute approximate surface area is 234 Å². The van der Waals surface area contributed by atoms with Crippen LogP contribution < -0.4 is 20.3 Å². The number of halogens is 1. The van der Waals surface area contributed by atoms with Gasteiger partial charge in [0, 0.05) is 17.7 Å². The van der Waals surface area contributed by atoms with Crippen molar-refractivity contribution in [2.45, 2.75) is 17.7 Å². The molecule has 1 fully saturated rings. The van der Waals surface area contributed by atoms with Crippen molar-refractivity contribution < 1.29 is 22.8 Å². The SMILES string of the molecule is Cl.O=C(CNC(=O)c1ccc(S(=O)(=O)N(C(=O)c2ccccc2)c2ccccc2)cc1)NCC1CCNCC1. The van der Waals surface area contributed by atoms with Gasteiger partial charge in [0.1, 0.15) is 0 Å². The topological polar surface area (TPSA) is 125 Å². The Kier molecular flexibility index (Phi) is 10.6. The third kappa shape index (κ3) is 7.66. The van der Waals surface area contributed by atoms with Crippen molar-refractivity contribution in [2.75, 3.05) is 30.5 Å². The number of amides is 3. The first kappa shape index (κ1) is 29.8. The van der Waals surface area contributed by atoms with E-state index in [2.05, 4.69) is 16.0 Å². The van der Waals surface area contributed by atoms with Gasteiger partial charge in [-0.2, -0.15) is 4.31 Å². The molecule has 0 radical (unpaired) electrons. The van der Waals surface area contributed by atoms with E-state index in [9.17, 15) is 22.8 Å².